The van der Waals surface area contributed by atoms with E-state index in [2.05, 4.69) is 15.0 Å². The fraction of sp³-hybridized carbons (Fsp3) is 0.321. The lowest BCUT2D eigenvalue weighted by atomic mass is 9.82. The number of anilines is 1. The Morgan fingerprint density at radius 3 is 2.35 bits per heavy atom. The van der Waals surface area contributed by atoms with Gasteiger partial charge in [0.1, 0.15) is 17.2 Å². The Balaban J connectivity index is 1.67. The molecule has 4 rings (SSSR count). The van der Waals surface area contributed by atoms with E-state index in [-0.39, 0.29) is 46.2 Å². The highest BCUT2D eigenvalue weighted by atomic mass is 19.4. The summed E-state index contributed by atoms with van der Waals surface area (Å²) in [6, 6.07) is 11.4. The number of nitrogens with two attached hydrogens (primary N) is 1. The van der Waals surface area contributed by atoms with E-state index in [0.29, 0.717) is 0 Å². The van der Waals surface area contributed by atoms with Crippen LogP contribution in [0.1, 0.15) is 58.0 Å². The molecule has 12 heteroatoms. The van der Waals surface area contributed by atoms with Crippen LogP contribution in [0.15, 0.2) is 54.7 Å². The van der Waals surface area contributed by atoms with E-state index in [1.807, 2.05) is 6.07 Å². The SMILES string of the molecule is COc1cc(OC(F)(F)F)ccc1Oc1cc([C@H]2CC[C@@H](OC)CC2)ccc1C(=O)Nc1ccnc(C(N)=O)c1. The second-order valence-corrected chi connectivity index (χ2v) is 9.18. The van der Waals surface area contributed by atoms with Crippen molar-refractivity contribution in [3.8, 4) is 23.0 Å². The zero-order chi connectivity index (χ0) is 28.9. The van der Waals surface area contributed by atoms with E-state index in [0.717, 1.165) is 43.4 Å². The largest absolute Gasteiger partial charge is 0.573 e. The Kier molecular flexibility index (Phi) is 8.78. The van der Waals surface area contributed by atoms with Gasteiger partial charge in [-0.05, 0) is 73.6 Å². The normalized spacial score (nSPS) is 17.1. The lowest BCUT2D eigenvalue weighted by molar-refractivity contribution is -0.274. The second-order valence-electron chi connectivity index (χ2n) is 9.18. The number of halogens is 3. The molecule has 0 radical (unpaired) electrons. The highest BCUT2D eigenvalue weighted by Gasteiger charge is 2.31. The third-order valence-corrected chi connectivity index (χ3v) is 6.59. The lowest BCUT2D eigenvalue weighted by Gasteiger charge is -2.28. The first-order valence-electron chi connectivity index (χ1n) is 12.4. The molecular formula is C28H28F3N3O6. The molecule has 1 fully saturated rings. The van der Waals surface area contributed by atoms with E-state index >= 15 is 0 Å². The molecule has 0 atom stereocenters. The van der Waals surface area contributed by atoms with Gasteiger partial charge in [-0.15, -0.1) is 13.2 Å². The van der Waals surface area contributed by atoms with Gasteiger partial charge in [-0.1, -0.05) is 6.07 Å². The van der Waals surface area contributed by atoms with Crippen molar-refractivity contribution in [1.29, 1.82) is 0 Å². The van der Waals surface area contributed by atoms with Gasteiger partial charge in [0.05, 0.1) is 18.8 Å². The molecule has 2 aromatic carbocycles. The summed E-state index contributed by atoms with van der Waals surface area (Å²) in [6.07, 6.45) is 0.186. The molecule has 1 aromatic heterocycles. The molecule has 1 saturated carbocycles. The van der Waals surface area contributed by atoms with Crippen LogP contribution in [0, 0.1) is 0 Å². The molecule has 1 heterocycles. The number of hydrogen-bond donors (Lipinski definition) is 2. The third kappa shape index (κ3) is 7.20. The first kappa shape index (κ1) is 28.7. The number of amides is 2. The van der Waals surface area contributed by atoms with Crippen LogP contribution in [0.5, 0.6) is 23.0 Å². The quantitative estimate of drug-likeness (QED) is 0.340. The zero-order valence-corrected chi connectivity index (χ0v) is 21.8. The minimum Gasteiger partial charge on any atom is -0.493 e. The molecule has 3 N–H and O–H groups in total. The number of methoxy groups -OCH3 is 2. The number of pyridine rings is 1. The van der Waals surface area contributed by atoms with Gasteiger partial charge in [0.25, 0.3) is 11.8 Å². The monoisotopic (exact) mass is 559 g/mol. The summed E-state index contributed by atoms with van der Waals surface area (Å²) in [6.45, 7) is 0. The summed E-state index contributed by atoms with van der Waals surface area (Å²) in [5.74, 6) is -1.38. The summed E-state index contributed by atoms with van der Waals surface area (Å²) in [4.78, 5) is 28.7. The number of primary amides is 1. The second kappa shape index (κ2) is 12.2. The van der Waals surface area contributed by atoms with Crippen molar-refractivity contribution in [1.82, 2.24) is 4.98 Å². The maximum atomic E-state index is 13.3. The van der Waals surface area contributed by atoms with Gasteiger partial charge < -0.3 is 30.0 Å². The fourth-order valence-electron chi connectivity index (χ4n) is 4.59. The van der Waals surface area contributed by atoms with Gasteiger partial charge in [-0.3, -0.25) is 14.6 Å². The molecule has 40 heavy (non-hydrogen) atoms. The van der Waals surface area contributed by atoms with Gasteiger partial charge in [0, 0.05) is 25.1 Å². The molecule has 0 spiro atoms. The van der Waals surface area contributed by atoms with Crippen LogP contribution < -0.4 is 25.3 Å². The fourth-order valence-corrected chi connectivity index (χ4v) is 4.59. The van der Waals surface area contributed by atoms with Crippen molar-refractivity contribution in [2.45, 2.75) is 44.1 Å². The van der Waals surface area contributed by atoms with Crippen molar-refractivity contribution in [3.05, 3.63) is 71.5 Å². The predicted molar refractivity (Wildman–Crippen MR) is 139 cm³/mol. The van der Waals surface area contributed by atoms with Crippen LogP contribution in [0.25, 0.3) is 0 Å². The van der Waals surface area contributed by atoms with Crippen LogP contribution in [0.2, 0.25) is 0 Å². The summed E-state index contributed by atoms with van der Waals surface area (Å²) < 4.78 is 58.9. The average Bonchev–Trinajstić information content (AvgIpc) is 2.93. The highest BCUT2D eigenvalue weighted by molar-refractivity contribution is 6.06. The van der Waals surface area contributed by atoms with Crippen LogP contribution >= 0.6 is 0 Å². The Hall–Kier alpha value is -4.32. The van der Waals surface area contributed by atoms with Gasteiger partial charge in [0.2, 0.25) is 0 Å². The molecule has 3 aromatic rings. The molecular weight excluding hydrogens is 531 g/mol. The van der Waals surface area contributed by atoms with Gasteiger partial charge in [0.15, 0.2) is 11.5 Å². The summed E-state index contributed by atoms with van der Waals surface area (Å²) in [5, 5.41) is 2.70. The summed E-state index contributed by atoms with van der Waals surface area (Å²) in [5.41, 5.74) is 6.63. The van der Waals surface area contributed by atoms with E-state index in [1.54, 1.807) is 19.2 Å². The van der Waals surface area contributed by atoms with Crippen LogP contribution in [0.3, 0.4) is 0 Å². The van der Waals surface area contributed by atoms with E-state index in [9.17, 15) is 22.8 Å². The van der Waals surface area contributed by atoms with Crippen molar-refractivity contribution >= 4 is 17.5 Å². The first-order valence-corrected chi connectivity index (χ1v) is 12.4. The first-order chi connectivity index (χ1) is 19.1. The number of nitrogens with one attached hydrogen (secondary N) is 1. The molecule has 2 amide bonds. The number of hydrogen-bond acceptors (Lipinski definition) is 7. The average molecular weight is 560 g/mol. The lowest BCUT2D eigenvalue weighted by Crippen LogP contribution is -2.19. The number of rotatable bonds is 9. The number of nitrogens with zero attached hydrogens (tertiary/aromatic N) is 1. The molecule has 0 aliphatic heterocycles. The number of ether oxygens (including phenoxy) is 4. The molecule has 9 nitrogen and oxygen atoms in total. The Bertz CT molecular complexity index is 1370. The number of carbonyl (C=O) groups is 2. The third-order valence-electron chi connectivity index (χ3n) is 6.59. The Morgan fingerprint density at radius 2 is 1.70 bits per heavy atom. The maximum Gasteiger partial charge on any atom is 0.573 e. The van der Waals surface area contributed by atoms with Crippen molar-refractivity contribution in [2.24, 2.45) is 5.73 Å². The smallest absolute Gasteiger partial charge is 0.493 e. The molecule has 212 valence electrons. The topological polar surface area (TPSA) is 122 Å². The van der Waals surface area contributed by atoms with Crippen LogP contribution in [-0.4, -0.2) is 43.5 Å². The van der Waals surface area contributed by atoms with E-state index in [4.69, 9.17) is 19.9 Å². The van der Waals surface area contributed by atoms with Gasteiger partial charge >= 0.3 is 6.36 Å². The maximum absolute atomic E-state index is 13.3. The number of alkyl halides is 3. The Morgan fingerprint density at radius 1 is 0.950 bits per heavy atom. The molecule has 0 bridgehead atoms. The predicted octanol–water partition coefficient (Wildman–Crippen LogP) is 5.80. The van der Waals surface area contributed by atoms with Gasteiger partial charge in [-0.25, -0.2) is 0 Å². The van der Waals surface area contributed by atoms with E-state index in [1.165, 1.54) is 31.5 Å². The number of aromatic nitrogens is 1. The molecule has 1 aliphatic rings. The minimum atomic E-state index is -4.88. The number of carbonyl (C=O) groups excluding carboxylic acids is 2. The zero-order valence-electron chi connectivity index (χ0n) is 21.8. The standard InChI is InChI=1S/C28H28F3N3O6/c1-37-19-6-3-16(4-7-19)17-5-9-21(27(36)34-18-11-12-33-22(14-18)26(32)35)24(13-17)39-23-10-8-20(15-25(23)38-2)40-28(29,30)31/h5,8-16,19H,3-4,6-7H2,1-2H3,(H2,32,35)(H,33,34,36)/t16-,19+. The van der Waals surface area contributed by atoms with Crippen LogP contribution in [-0.2, 0) is 4.74 Å². The molecule has 0 unspecified atom stereocenters. The minimum absolute atomic E-state index is 0.0258. The highest BCUT2D eigenvalue weighted by Crippen LogP contribution is 2.40. The van der Waals surface area contributed by atoms with Crippen molar-refractivity contribution in [2.75, 3.05) is 19.5 Å². The molecule has 1 aliphatic carbocycles. The van der Waals surface area contributed by atoms with Crippen molar-refractivity contribution < 1.29 is 41.7 Å². The summed E-state index contributed by atoms with van der Waals surface area (Å²) in [7, 11) is 2.97. The van der Waals surface area contributed by atoms with Crippen LogP contribution in [0.4, 0.5) is 18.9 Å². The molecule has 0 saturated heterocycles. The van der Waals surface area contributed by atoms with Gasteiger partial charge in [-0.2, -0.15) is 0 Å². The van der Waals surface area contributed by atoms with Crippen molar-refractivity contribution in [3.63, 3.8) is 0 Å². The van der Waals surface area contributed by atoms with E-state index < -0.39 is 23.9 Å². The Labute approximate surface area is 228 Å². The summed E-state index contributed by atoms with van der Waals surface area (Å²) >= 11 is 0. The number of benzene rings is 2.